The highest BCUT2D eigenvalue weighted by Crippen LogP contribution is 2.30. The van der Waals surface area contributed by atoms with Gasteiger partial charge in [-0.2, -0.15) is 0 Å². The van der Waals surface area contributed by atoms with Gasteiger partial charge >= 0.3 is 5.97 Å². The first-order chi connectivity index (χ1) is 13.8. The van der Waals surface area contributed by atoms with Gasteiger partial charge in [-0.25, -0.2) is 4.79 Å². The Morgan fingerprint density at radius 2 is 1.62 bits per heavy atom. The molecule has 2 N–H and O–H groups in total. The van der Waals surface area contributed by atoms with Crippen LogP contribution in [0.15, 0.2) is 36.4 Å². The van der Waals surface area contributed by atoms with Crippen molar-refractivity contribution in [3.63, 3.8) is 0 Å². The van der Waals surface area contributed by atoms with Crippen LogP contribution in [0, 0.1) is 5.92 Å². The summed E-state index contributed by atoms with van der Waals surface area (Å²) < 4.78 is 0. The minimum absolute atomic E-state index is 0.0325. The zero-order valence-corrected chi connectivity index (χ0v) is 16.5. The Bertz CT molecular complexity index is 932. The molecule has 0 aromatic heterocycles. The van der Waals surface area contributed by atoms with Crippen molar-refractivity contribution in [1.29, 1.82) is 0 Å². The molecule has 3 rings (SSSR count). The van der Waals surface area contributed by atoms with Gasteiger partial charge in [0, 0.05) is 29.5 Å². The number of amides is 3. The van der Waals surface area contributed by atoms with Gasteiger partial charge in [0.15, 0.2) is 0 Å². The van der Waals surface area contributed by atoms with E-state index in [2.05, 4.69) is 5.32 Å². The summed E-state index contributed by atoms with van der Waals surface area (Å²) >= 11 is 0. The third-order valence-electron chi connectivity index (χ3n) is 4.98. The Morgan fingerprint density at radius 1 is 1.03 bits per heavy atom. The summed E-state index contributed by atoms with van der Waals surface area (Å²) in [5.74, 6) is -2.09. The van der Waals surface area contributed by atoms with Crippen molar-refractivity contribution in [3.8, 4) is 0 Å². The van der Waals surface area contributed by atoms with E-state index >= 15 is 0 Å². The number of carbonyl (C=O) groups is 4. The molecule has 1 atom stereocenters. The van der Waals surface area contributed by atoms with Crippen LogP contribution in [-0.2, 0) is 9.59 Å². The van der Waals surface area contributed by atoms with E-state index in [9.17, 15) is 24.3 Å². The van der Waals surface area contributed by atoms with Gasteiger partial charge in [0.05, 0.1) is 0 Å². The van der Waals surface area contributed by atoms with E-state index in [1.54, 1.807) is 24.3 Å². The monoisotopic (exact) mass is 396 g/mol. The maximum absolute atomic E-state index is 12.8. The van der Waals surface area contributed by atoms with Gasteiger partial charge in [0.2, 0.25) is 5.91 Å². The molecular weight excluding hydrogens is 372 g/mol. The summed E-state index contributed by atoms with van der Waals surface area (Å²) in [5, 5.41) is 13.2. The highest BCUT2D eigenvalue weighted by molar-refractivity contribution is 6.25. The van der Waals surface area contributed by atoms with Crippen LogP contribution in [-0.4, -0.2) is 46.3 Å². The average molecular weight is 396 g/mol. The standard InChI is InChI=1S/C22H24N2O5/c1-13(2)12-17(22(28)29)23-18(25)10-5-11-24-20(26)15-8-3-6-14-7-4-9-16(19(14)15)21(24)27/h3-4,6-9,13,17H,5,10-12H2,1-2H3,(H,23,25)(H,28,29)/t17-/m0/s1. The third-order valence-corrected chi connectivity index (χ3v) is 4.98. The van der Waals surface area contributed by atoms with Crippen molar-refractivity contribution >= 4 is 34.5 Å². The quantitative estimate of drug-likeness (QED) is 0.668. The lowest BCUT2D eigenvalue weighted by atomic mass is 9.94. The molecule has 0 aliphatic carbocycles. The highest BCUT2D eigenvalue weighted by atomic mass is 16.4. The molecule has 2 aromatic rings. The smallest absolute Gasteiger partial charge is 0.326 e. The predicted molar refractivity (Wildman–Crippen MR) is 108 cm³/mol. The molecule has 0 fully saturated rings. The van der Waals surface area contributed by atoms with E-state index in [0.717, 1.165) is 10.3 Å². The first-order valence-electron chi connectivity index (χ1n) is 9.69. The lowest BCUT2D eigenvalue weighted by Crippen LogP contribution is -2.43. The van der Waals surface area contributed by atoms with Gasteiger partial charge in [-0.05, 0) is 36.3 Å². The molecule has 0 saturated carbocycles. The molecule has 3 amide bonds. The summed E-state index contributed by atoms with van der Waals surface area (Å²) in [6.45, 7) is 3.86. The third kappa shape index (κ3) is 4.29. The molecule has 29 heavy (non-hydrogen) atoms. The molecule has 7 heteroatoms. The van der Waals surface area contributed by atoms with Gasteiger partial charge < -0.3 is 10.4 Å². The molecule has 2 aromatic carbocycles. The molecule has 0 saturated heterocycles. The molecule has 1 heterocycles. The second-order valence-electron chi connectivity index (χ2n) is 7.66. The molecular formula is C22H24N2O5. The minimum Gasteiger partial charge on any atom is -0.480 e. The molecule has 0 bridgehead atoms. The SMILES string of the molecule is CC(C)C[C@H](NC(=O)CCCN1C(=O)c2cccc3cccc(c23)C1=O)C(=O)O. The summed E-state index contributed by atoms with van der Waals surface area (Å²) in [4.78, 5) is 50.2. The number of nitrogens with one attached hydrogen (secondary N) is 1. The first kappa shape index (κ1) is 20.5. The Hall–Kier alpha value is -3.22. The van der Waals surface area contributed by atoms with Gasteiger partial charge in [0.25, 0.3) is 11.8 Å². The fourth-order valence-electron chi connectivity index (χ4n) is 3.64. The van der Waals surface area contributed by atoms with Crippen LogP contribution in [0.4, 0.5) is 0 Å². The summed E-state index contributed by atoms with van der Waals surface area (Å²) in [5.41, 5.74) is 0.954. The first-order valence-corrected chi connectivity index (χ1v) is 9.69. The number of nitrogens with zero attached hydrogens (tertiary/aromatic N) is 1. The fourth-order valence-corrected chi connectivity index (χ4v) is 3.64. The van der Waals surface area contributed by atoms with E-state index in [0.29, 0.717) is 22.9 Å². The maximum Gasteiger partial charge on any atom is 0.326 e. The van der Waals surface area contributed by atoms with E-state index in [-0.39, 0.29) is 37.1 Å². The molecule has 1 aliphatic heterocycles. The Kier molecular flexibility index (Phi) is 5.96. The zero-order valence-electron chi connectivity index (χ0n) is 16.5. The number of rotatable bonds is 8. The number of aliphatic carboxylic acids is 1. The minimum atomic E-state index is -1.07. The predicted octanol–water partition coefficient (Wildman–Crippen LogP) is 2.83. The van der Waals surface area contributed by atoms with Crippen molar-refractivity contribution in [2.75, 3.05) is 6.54 Å². The number of hydrogen-bond donors (Lipinski definition) is 2. The maximum atomic E-state index is 12.8. The van der Waals surface area contributed by atoms with Crippen LogP contribution in [0.2, 0.25) is 0 Å². The van der Waals surface area contributed by atoms with E-state index in [1.165, 1.54) is 0 Å². The lowest BCUT2D eigenvalue weighted by Gasteiger charge is -2.27. The summed E-state index contributed by atoms with van der Waals surface area (Å²) in [6, 6.07) is 9.74. The van der Waals surface area contributed by atoms with Crippen molar-refractivity contribution < 1.29 is 24.3 Å². The van der Waals surface area contributed by atoms with Crippen molar-refractivity contribution in [2.45, 2.75) is 39.2 Å². The number of benzene rings is 2. The number of hydrogen-bond acceptors (Lipinski definition) is 4. The fraction of sp³-hybridized carbons (Fsp3) is 0.364. The van der Waals surface area contributed by atoms with Crippen LogP contribution >= 0.6 is 0 Å². The lowest BCUT2D eigenvalue weighted by molar-refractivity contribution is -0.142. The van der Waals surface area contributed by atoms with Gasteiger partial charge in [-0.1, -0.05) is 38.1 Å². The van der Waals surface area contributed by atoms with Gasteiger partial charge in [-0.3, -0.25) is 19.3 Å². The highest BCUT2D eigenvalue weighted by Gasteiger charge is 2.32. The van der Waals surface area contributed by atoms with Crippen LogP contribution in [0.25, 0.3) is 10.8 Å². The van der Waals surface area contributed by atoms with E-state index in [4.69, 9.17) is 0 Å². The van der Waals surface area contributed by atoms with Gasteiger partial charge in [-0.15, -0.1) is 0 Å². The second kappa shape index (κ2) is 8.43. The molecule has 0 unspecified atom stereocenters. The van der Waals surface area contributed by atoms with Crippen LogP contribution in [0.5, 0.6) is 0 Å². The Labute approximate surface area is 168 Å². The molecule has 7 nitrogen and oxygen atoms in total. The number of carbonyl (C=O) groups excluding carboxylic acids is 3. The molecule has 1 aliphatic rings. The largest absolute Gasteiger partial charge is 0.480 e. The van der Waals surface area contributed by atoms with E-state index in [1.807, 2.05) is 26.0 Å². The van der Waals surface area contributed by atoms with Crippen LogP contribution in [0.3, 0.4) is 0 Å². The number of carboxylic acid groups (broad SMARTS) is 1. The molecule has 0 radical (unpaired) electrons. The Morgan fingerprint density at radius 3 is 2.14 bits per heavy atom. The number of carboxylic acids is 1. The molecule has 0 spiro atoms. The van der Waals surface area contributed by atoms with Crippen molar-refractivity contribution in [1.82, 2.24) is 10.2 Å². The van der Waals surface area contributed by atoms with Crippen molar-refractivity contribution in [3.05, 3.63) is 47.5 Å². The van der Waals surface area contributed by atoms with Crippen molar-refractivity contribution in [2.24, 2.45) is 5.92 Å². The summed E-state index contributed by atoms with van der Waals surface area (Å²) in [6.07, 6.45) is 0.630. The summed E-state index contributed by atoms with van der Waals surface area (Å²) in [7, 11) is 0. The Balaban J connectivity index is 1.64. The average Bonchev–Trinajstić information content (AvgIpc) is 2.67. The second-order valence-corrected chi connectivity index (χ2v) is 7.66. The van der Waals surface area contributed by atoms with Crippen LogP contribution in [0.1, 0.15) is 53.8 Å². The molecule has 152 valence electrons. The number of imide groups is 1. The topological polar surface area (TPSA) is 104 Å². The van der Waals surface area contributed by atoms with Crippen LogP contribution < -0.4 is 5.32 Å². The zero-order chi connectivity index (χ0) is 21.1. The normalized spacial score (nSPS) is 14.4. The van der Waals surface area contributed by atoms with Gasteiger partial charge in [0.1, 0.15) is 6.04 Å². The van der Waals surface area contributed by atoms with E-state index < -0.39 is 17.9 Å².